The Morgan fingerprint density at radius 3 is 2.83 bits per heavy atom. The van der Waals surface area contributed by atoms with E-state index < -0.39 is 0 Å². The summed E-state index contributed by atoms with van der Waals surface area (Å²) in [7, 11) is 0. The molecule has 5 heteroatoms. The number of nitrogens with one attached hydrogen (secondary N) is 2. The summed E-state index contributed by atoms with van der Waals surface area (Å²) < 4.78 is 2.27. The zero-order chi connectivity index (χ0) is 16.7. The highest BCUT2D eigenvalue weighted by molar-refractivity contribution is 5.76. The molecule has 2 aromatic rings. The van der Waals surface area contributed by atoms with Crippen molar-refractivity contribution in [2.75, 3.05) is 6.54 Å². The van der Waals surface area contributed by atoms with Crippen molar-refractivity contribution in [1.29, 1.82) is 0 Å². The lowest BCUT2D eigenvalue weighted by molar-refractivity contribution is -0.121. The maximum Gasteiger partial charge on any atom is 0.221 e. The first-order valence-corrected chi connectivity index (χ1v) is 8.59. The summed E-state index contributed by atoms with van der Waals surface area (Å²) in [6.07, 6.45) is 2.53. The number of hydrogen-bond donors (Lipinski definition) is 2. The number of fused-ring (bicyclic) bond motifs is 1. The molecule has 2 rings (SSSR count). The Kier molecular flexibility index (Phi) is 6.59. The van der Waals surface area contributed by atoms with Crippen LogP contribution < -0.4 is 10.6 Å². The number of nitrogens with zero attached hydrogens (tertiary/aromatic N) is 2. The van der Waals surface area contributed by atoms with E-state index in [9.17, 15) is 4.79 Å². The van der Waals surface area contributed by atoms with Crippen molar-refractivity contribution in [3.63, 3.8) is 0 Å². The smallest absolute Gasteiger partial charge is 0.221 e. The molecule has 0 aliphatic carbocycles. The summed E-state index contributed by atoms with van der Waals surface area (Å²) in [4.78, 5) is 16.5. The van der Waals surface area contributed by atoms with Crippen LogP contribution in [-0.4, -0.2) is 28.0 Å². The van der Waals surface area contributed by atoms with Gasteiger partial charge in [-0.1, -0.05) is 26.0 Å². The zero-order valence-corrected chi connectivity index (χ0v) is 14.4. The number of amides is 1. The number of para-hydroxylation sites is 2. The van der Waals surface area contributed by atoms with E-state index in [4.69, 9.17) is 4.98 Å². The second kappa shape index (κ2) is 8.67. The van der Waals surface area contributed by atoms with Gasteiger partial charge in [0.05, 0.1) is 17.6 Å². The van der Waals surface area contributed by atoms with Crippen molar-refractivity contribution < 1.29 is 4.79 Å². The average molecular weight is 316 g/mol. The molecule has 1 aromatic carbocycles. The summed E-state index contributed by atoms with van der Waals surface area (Å²) in [6, 6.07) is 8.47. The van der Waals surface area contributed by atoms with Gasteiger partial charge in [0.25, 0.3) is 0 Å². The van der Waals surface area contributed by atoms with Crippen LogP contribution in [-0.2, 0) is 17.9 Å². The lowest BCUT2D eigenvalue weighted by atomic mass is 10.2. The normalized spacial score (nSPS) is 12.5. The average Bonchev–Trinajstić information content (AvgIpc) is 2.90. The molecule has 0 spiro atoms. The molecule has 126 valence electrons. The standard InChI is InChI=1S/C18H28N4O/c1-4-12-22-16-9-7-6-8-15(16)21-17(22)13-19-11-10-18(23)20-14(3)5-2/h6-9,14,19H,4-5,10-13H2,1-3H3,(H,20,23). The van der Waals surface area contributed by atoms with E-state index in [1.165, 1.54) is 5.52 Å². The van der Waals surface area contributed by atoms with Crippen LogP contribution in [0.4, 0.5) is 0 Å². The van der Waals surface area contributed by atoms with Crippen LogP contribution in [0, 0.1) is 0 Å². The molecule has 1 aromatic heterocycles. The Bertz CT molecular complexity index is 635. The van der Waals surface area contributed by atoms with Crippen LogP contribution in [0.5, 0.6) is 0 Å². The summed E-state index contributed by atoms with van der Waals surface area (Å²) >= 11 is 0. The summed E-state index contributed by atoms with van der Waals surface area (Å²) in [6.45, 7) is 8.58. The fourth-order valence-electron chi connectivity index (χ4n) is 2.58. The second-order valence-electron chi connectivity index (χ2n) is 5.97. The third-order valence-electron chi connectivity index (χ3n) is 4.01. The number of benzene rings is 1. The third-order valence-corrected chi connectivity index (χ3v) is 4.01. The molecule has 0 bridgehead atoms. The van der Waals surface area contributed by atoms with Crippen molar-refractivity contribution in [1.82, 2.24) is 20.2 Å². The molecular formula is C18H28N4O. The minimum absolute atomic E-state index is 0.105. The van der Waals surface area contributed by atoms with Gasteiger partial charge >= 0.3 is 0 Å². The van der Waals surface area contributed by atoms with E-state index in [0.29, 0.717) is 19.5 Å². The van der Waals surface area contributed by atoms with E-state index in [-0.39, 0.29) is 11.9 Å². The van der Waals surface area contributed by atoms with Crippen LogP contribution in [0.25, 0.3) is 11.0 Å². The molecule has 0 fully saturated rings. The van der Waals surface area contributed by atoms with Crippen LogP contribution in [0.1, 0.15) is 45.9 Å². The first-order valence-electron chi connectivity index (χ1n) is 8.59. The van der Waals surface area contributed by atoms with Crippen molar-refractivity contribution in [3.8, 4) is 0 Å². The van der Waals surface area contributed by atoms with E-state index in [0.717, 1.165) is 30.7 Å². The van der Waals surface area contributed by atoms with Gasteiger partial charge in [0.15, 0.2) is 0 Å². The second-order valence-corrected chi connectivity index (χ2v) is 5.97. The van der Waals surface area contributed by atoms with Gasteiger partial charge in [0.2, 0.25) is 5.91 Å². The van der Waals surface area contributed by atoms with Crippen molar-refractivity contribution in [3.05, 3.63) is 30.1 Å². The van der Waals surface area contributed by atoms with Gasteiger partial charge in [-0.05, 0) is 31.9 Å². The number of rotatable bonds is 9. The van der Waals surface area contributed by atoms with Gasteiger partial charge in [-0.25, -0.2) is 4.98 Å². The van der Waals surface area contributed by atoms with Crippen LogP contribution in [0.3, 0.4) is 0 Å². The van der Waals surface area contributed by atoms with Crippen molar-refractivity contribution >= 4 is 16.9 Å². The Labute approximate surface area is 138 Å². The largest absolute Gasteiger partial charge is 0.354 e. The monoisotopic (exact) mass is 316 g/mol. The van der Waals surface area contributed by atoms with E-state index in [1.807, 2.05) is 25.1 Å². The molecule has 1 unspecified atom stereocenters. The molecule has 23 heavy (non-hydrogen) atoms. The highest BCUT2D eigenvalue weighted by Crippen LogP contribution is 2.16. The summed E-state index contributed by atoms with van der Waals surface area (Å²) in [5, 5.41) is 6.32. The maximum absolute atomic E-state index is 11.8. The number of imidazole rings is 1. The van der Waals surface area contributed by atoms with Gasteiger partial charge in [0, 0.05) is 25.6 Å². The summed E-state index contributed by atoms with van der Waals surface area (Å²) in [5.41, 5.74) is 2.22. The third kappa shape index (κ3) is 4.79. The lowest BCUT2D eigenvalue weighted by Crippen LogP contribution is -2.34. The first kappa shape index (κ1) is 17.5. The number of hydrogen-bond acceptors (Lipinski definition) is 3. The topological polar surface area (TPSA) is 59.0 Å². The molecule has 0 aliphatic heterocycles. The van der Waals surface area contributed by atoms with Crippen LogP contribution in [0.15, 0.2) is 24.3 Å². The SMILES string of the molecule is CCCn1c(CNCCC(=O)NC(C)CC)nc2ccccc21. The molecule has 1 atom stereocenters. The Hall–Kier alpha value is -1.88. The highest BCUT2D eigenvalue weighted by atomic mass is 16.1. The van der Waals surface area contributed by atoms with Crippen molar-refractivity contribution in [2.24, 2.45) is 0 Å². The maximum atomic E-state index is 11.8. The molecule has 2 N–H and O–H groups in total. The summed E-state index contributed by atoms with van der Waals surface area (Å²) in [5.74, 6) is 1.14. The fourth-order valence-corrected chi connectivity index (χ4v) is 2.58. The molecule has 1 amide bonds. The van der Waals surface area contributed by atoms with Crippen LogP contribution >= 0.6 is 0 Å². The quantitative estimate of drug-likeness (QED) is 0.699. The van der Waals surface area contributed by atoms with Gasteiger partial charge in [-0.2, -0.15) is 0 Å². The molecule has 5 nitrogen and oxygen atoms in total. The van der Waals surface area contributed by atoms with Crippen LogP contribution in [0.2, 0.25) is 0 Å². The number of aryl methyl sites for hydroxylation is 1. The molecule has 1 heterocycles. The van der Waals surface area contributed by atoms with E-state index in [2.05, 4.69) is 35.1 Å². The Morgan fingerprint density at radius 2 is 2.09 bits per heavy atom. The van der Waals surface area contributed by atoms with Gasteiger partial charge < -0.3 is 15.2 Å². The molecule has 0 aliphatic rings. The van der Waals surface area contributed by atoms with Gasteiger partial charge in [-0.15, -0.1) is 0 Å². The van der Waals surface area contributed by atoms with Gasteiger partial charge in [0.1, 0.15) is 5.82 Å². The molecule has 0 radical (unpaired) electrons. The van der Waals surface area contributed by atoms with E-state index >= 15 is 0 Å². The number of carbonyl (C=O) groups excluding carboxylic acids is 1. The molecular weight excluding hydrogens is 288 g/mol. The number of carbonyl (C=O) groups is 1. The number of aromatic nitrogens is 2. The molecule has 0 saturated heterocycles. The van der Waals surface area contributed by atoms with Gasteiger partial charge in [-0.3, -0.25) is 4.79 Å². The Morgan fingerprint density at radius 1 is 1.30 bits per heavy atom. The highest BCUT2D eigenvalue weighted by Gasteiger charge is 2.10. The predicted octanol–water partition coefficient (Wildman–Crippen LogP) is 2.84. The fraction of sp³-hybridized carbons (Fsp3) is 0.556. The van der Waals surface area contributed by atoms with E-state index in [1.54, 1.807) is 0 Å². The zero-order valence-electron chi connectivity index (χ0n) is 14.4. The predicted molar refractivity (Wildman–Crippen MR) is 94.2 cm³/mol. The lowest BCUT2D eigenvalue weighted by Gasteiger charge is -2.12. The minimum Gasteiger partial charge on any atom is -0.354 e. The Balaban J connectivity index is 1.89. The van der Waals surface area contributed by atoms with Crippen molar-refractivity contribution in [2.45, 2.75) is 59.2 Å². The minimum atomic E-state index is 0.105. The molecule has 0 saturated carbocycles. The first-order chi connectivity index (χ1) is 11.2.